The lowest BCUT2D eigenvalue weighted by molar-refractivity contribution is -0.119. The van der Waals surface area contributed by atoms with Gasteiger partial charge in [-0.1, -0.05) is 6.07 Å². The van der Waals surface area contributed by atoms with Crippen LogP contribution >= 0.6 is 15.9 Å². The zero-order valence-corrected chi connectivity index (χ0v) is 16.4. The van der Waals surface area contributed by atoms with Crippen LogP contribution in [0.5, 0.6) is 0 Å². The number of rotatable bonds is 1. The van der Waals surface area contributed by atoms with Crippen molar-refractivity contribution in [1.82, 2.24) is 14.0 Å². The lowest BCUT2D eigenvalue weighted by Gasteiger charge is -2.28. The Kier molecular flexibility index (Phi) is 3.62. The summed E-state index contributed by atoms with van der Waals surface area (Å²) in [6.07, 6.45) is 1.20. The summed E-state index contributed by atoms with van der Waals surface area (Å²) in [4.78, 5) is 30.7. The lowest BCUT2D eigenvalue weighted by atomic mass is 10.1. The Hall–Kier alpha value is -2.67. The molecule has 0 amide bonds. The topological polar surface area (TPSA) is 59.6 Å². The van der Waals surface area contributed by atoms with Crippen LogP contribution in [0.1, 0.15) is 12.8 Å². The number of anilines is 1. The molecular formula is C20H17BrN4O2. The Balaban J connectivity index is 1.80. The maximum absolute atomic E-state index is 12.6. The molecule has 136 valence electrons. The molecule has 0 aliphatic carbocycles. The molecule has 27 heavy (non-hydrogen) atoms. The highest BCUT2D eigenvalue weighted by molar-refractivity contribution is 9.10. The van der Waals surface area contributed by atoms with Gasteiger partial charge >= 0.3 is 0 Å². The van der Waals surface area contributed by atoms with Gasteiger partial charge in [0.2, 0.25) is 5.78 Å². The number of fused-ring (bicyclic) bond motifs is 5. The van der Waals surface area contributed by atoms with Gasteiger partial charge in [0.25, 0.3) is 5.56 Å². The largest absolute Gasteiger partial charge is 0.371 e. The molecule has 0 N–H and O–H groups in total. The summed E-state index contributed by atoms with van der Waals surface area (Å²) >= 11 is 3.48. The Morgan fingerprint density at radius 1 is 1.00 bits per heavy atom. The number of hydrogen-bond acceptors (Lipinski definition) is 4. The molecule has 1 fully saturated rings. The Labute approximate surface area is 163 Å². The van der Waals surface area contributed by atoms with Crippen LogP contribution in [0.3, 0.4) is 0 Å². The minimum absolute atomic E-state index is 0.238. The molecule has 2 aromatic carbocycles. The summed E-state index contributed by atoms with van der Waals surface area (Å²) in [7, 11) is 1.93. The molecule has 0 bridgehead atoms. The molecule has 0 atom stereocenters. The maximum atomic E-state index is 12.6. The molecule has 0 unspecified atom stereocenters. The van der Waals surface area contributed by atoms with Crippen molar-refractivity contribution >= 4 is 55.1 Å². The van der Waals surface area contributed by atoms with Gasteiger partial charge in [-0.2, -0.15) is 4.98 Å². The normalized spacial score (nSPS) is 15.3. The van der Waals surface area contributed by atoms with E-state index in [0.29, 0.717) is 29.8 Å². The highest BCUT2D eigenvalue weighted by Gasteiger charge is 2.19. The van der Waals surface area contributed by atoms with Gasteiger partial charge in [-0.05, 0) is 46.3 Å². The van der Waals surface area contributed by atoms with E-state index in [1.807, 2.05) is 34.2 Å². The van der Waals surface area contributed by atoms with E-state index in [-0.39, 0.29) is 5.56 Å². The fraction of sp³-hybridized carbons (Fsp3) is 0.250. The van der Waals surface area contributed by atoms with Gasteiger partial charge in [0.05, 0.1) is 21.9 Å². The number of aromatic nitrogens is 3. The molecule has 0 spiro atoms. The number of benzene rings is 2. The van der Waals surface area contributed by atoms with E-state index in [1.165, 1.54) is 0 Å². The van der Waals surface area contributed by atoms with Gasteiger partial charge in [-0.3, -0.25) is 14.0 Å². The maximum Gasteiger partial charge on any atom is 0.283 e. The van der Waals surface area contributed by atoms with Crippen LogP contribution in [0.2, 0.25) is 0 Å². The number of carbonyl (C=O) groups is 1. The SMILES string of the molecule is Cn1c2cc(N3CCC(=O)CC3)ccc2n2c3cccc(Br)c3c(=O)nc12. The fourth-order valence-electron chi connectivity index (χ4n) is 3.97. The second-order valence-electron chi connectivity index (χ2n) is 6.94. The summed E-state index contributed by atoms with van der Waals surface area (Å²) in [6.45, 7) is 1.50. The minimum Gasteiger partial charge on any atom is -0.371 e. The number of carbonyl (C=O) groups excluding carboxylic acids is 1. The molecule has 1 saturated heterocycles. The molecular weight excluding hydrogens is 408 g/mol. The number of aryl methyl sites for hydroxylation is 1. The first-order chi connectivity index (χ1) is 13.0. The Morgan fingerprint density at radius 3 is 2.56 bits per heavy atom. The van der Waals surface area contributed by atoms with Crippen LogP contribution in [0.15, 0.2) is 45.7 Å². The standard InChI is InChI=1S/C20H17BrN4O2/c1-23-17-11-12(24-9-7-13(26)8-10-24)5-6-15(17)25-16-4-2-3-14(21)18(16)19(27)22-20(23)25/h2-6,11H,7-10H2,1H3. The van der Waals surface area contributed by atoms with Crippen LogP contribution in [0.4, 0.5) is 5.69 Å². The number of Topliss-reactive ketones (excluding diaryl/α,β-unsaturated/α-hetero) is 1. The predicted octanol–water partition coefficient (Wildman–Crippen LogP) is 3.27. The molecule has 1 aliphatic rings. The van der Waals surface area contributed by atoms with Crippen LogP contribution in [-0.2, 0) is 11.8 Å². The average Bonchev–Trinajstić information content (AvgIpc) is 2.94. The van der Waals surface area contributed by atoms with Crippen molar-refractivity contribution in [2.75, 3.05) is 18.0 Å². The molecule has 7 heteroatoms. The summed E-state index contributed by atoms with van der Waals surface area (Å²) in [6, 6.07) is 12.0. The molecule has 1 aliphatic heterocycles. The first-order valence-electron chi connectivity index (χ1n) is 8.90. The lowest BCUT2D eigenvalue weighted by Crippen LogP contribution is -2.33. The Bertz CT molecular complexity index is 1290. The number of nitrogens with zero attached hydrogens (tertiary/aromatic N) is 4. The van der Waals surface area contributed by atoms with Crippen molar-refractivity contribution in [3.63, 3.8) is 0 Å². The number of ketones is 1. The van der Waals surface area contributed by atoms with Gasteiger partial charge < -0.3 is 9.47 Å². The van der Waals surface area contributed by atoms with E-state index in [0.717, 1.165) is 39.8 Å². The van der Waals surface area contributed by atoms with Crippen LogP contribution in [-0.4, -0.2) is 32.8 Å². The average molecular weight is 425 g/mol. The third-order valence-electron chi connectivity index (χ3n) is 5.40. The third kappa shape index (κ3) is 2.41. The van der Waals surface area contributed by atoms with Crippen molar-refractivity contribution in [3.8, 4) is 0 Å². The molecule has 0 radical (unpaired) electrons. The second kappa shape index (κ2) is 5.92. The first kappa shape index (κ1) is 16.5. The van der Waals surface area contributed by atoms with Gasteiger partial charge in [0.1, 0.15) is 5.78 Å². The summed E-state index contributed by atoms with van der Waals surface area (Å²) in [5.74, 6) is 0.947. The summed E-state index contributed by atoms with van der Waals surface area (Å²) < 4.78 is 4.73. The number of halogens is 1. The Morgan fingerprint density at radius 2 is 1.78 bits per heavy atom. The zero-order valence-electron chi connectivity index (χ0n) is 14.8. The molecule has 2 aromatic heterocycles. The van der Waals surface area contributed by atoms with Crippen LogP contribution < -0.4 is 10.5 Å². The van der Waals surface area contributed by atoms with E-state index in [2.05, 4.69) is 44.0 Å². The molecule has 0 saturated carbocycles. The number of piperidine rings is 1. The monoisotopic (exact) mass is 424 g/mol. The highest BCUT2D eigenvalue weighted by atomic mass is 79.9. The molecule has 3 heterocycles. The first-order valence-corrected chi connectivity index (χ1v) is 9.70. The molecule has 6 nitrogen and oxygen atoms in total. The van der Waals surface area contributed by atoms with Crippen LogP contribution in [0.25, 0.3) is 27.7 Å². The van der Waals surface area contributed by atoms with Gasteiger partial charge in [-0.25, -0.2) is 0 Å². The second-order valence-corrected chi connectivity index (χ2v) is 7.80. The van der Waals surface area contributed by atoms with Crippen molar-refractivity contribution < 1.29 is 4.79 Å². The van der Waals surface area contributed by atoms with Crippen molar-refractivity contribution in [2.45, 2.75) is 12.8 Å². The zero-order chi connectivity index (χ0) is 18.7. The number of imidazole rings is 1. The van der Waals surface area contributed by atoms with Gasteiger partial charge in [-0.15, -0.1) is 0 Å². The summed E-state index contributed by atoms with van der Waals surface area (Å²) in [5, 5.41) is 0.584. The van der Waals surface area contributed by atoms with E-state index >= 15 is 0 Å². The highest BCUT2D eigenvalue weighted by Crippen LogP contribution is 2.29. The van der Waals surface area contributed by atoms with Gasteiger partial charge in [0.15, 0.2) is 0 Å². The predicted molar refractivity (Wildman–Crippen MR) is 110 cm³/mol. The van der Waals surface area contributed by atoms with Crippen molar-refractivity contribution in [1.29, 1.82) is 0 Å². The van der Waals surface area contributed by atoms with E-state index in [9.17, 15) is 9.59 Å². The van der Waals surface area contributed by atoms with Crippen LogP contribution in [0, 0.1) is 0 Å². The van der Waals surface area contributed by atoms with Crippen molar-refractivity contribution in [3.05, 3.63) is 51.2 Å². The van der Waals surface area contributed by atoms with E-state index in [1.54, 1.807) is 0 Å². The quantitative estimate of drug-likeness (QED) is 0.470. The fourth-order valence-corrected chi connectivity index (χ4v) is 4.49. The minimum atomic E-state index is -0.238. The summed E-state index contributed by atoms with van der Waals surface area (Å²) in [5.41, 5.74) is 3.69. The molecule has 5 rings (SSSR count). The van der Waals surface area contributed by atoms with Crippen molar-refractivity contribution in [2.24, 2.45) is 7.05 Å². The molecule has 4 aromatic rings. The third-order valence-corrected chi connectivity index (χ3v) is 6.06. The van der Waals surface area contributed by atoms with Gasteiger partial charge in [0, 0.05) is 43.1 Å². The smallest absolute Gasteiger partial charge is 0.283 e. The number of hydrogen-bond donors (Lipinski definition) is 0. The van der Waals surface area contributed by atoms with E-state index in [4.69, 9.17) is 0 Å². The van der Waals surface area contributed by atoms with E-state index < -0.39 is 0 Å².